The largest absolute Gasteiger partial charge is 0.463 e. The van der Waals surface area contributed by atoms with E-state index in [0.29, 0.717) is 10.8 Å². The van der Waals surface area contributed by atoms with Crippen LogP contribution in [0.25, 0.3) is 0 Å². The molecule has 0 saturated carbocycles. The van der Waals surface area contributed by atoms with E-state index < -0.39 is 11.5 Å². The van der Waals surface area contributed by atoms with Crippen molar-refractivity contribution in [3.05, 3.63) is 42.1 Å². The second kappa shape index (κ2) is 5.63. The van der Waals surface area contributed by atoms with Gasteiger partial charge in [-0.05, 0) is 24.3 Å². The van der Waals surface area contributed by atoms with Gasteiger partial charge in [0.1, 0.15) is 5.75 Å². The van der Waals surface area contributed by atoms with E-state index in [1.54, 1.807) is 24.3 Å². The first-order valence-corrected chi connectivity index (χ1v) is 4.82. The van der Waals surface area contributed by atoms with Crippen molar-refractivity contribution in [2.24, 2.45) is 0 Å². The van der Waals surface area contributed by atoms with E-state index in [-0.39, 0.29) is 0 Å². The van der Waals surface area contributed by atoms with Gasteiger partial charge in [-0.15, -0.1) is 0 Å². The highest BCUT2D eigenvalue weighted by Gasteiger charge is 2.17. The molecule has 0 aromatic heterocycles. The summed E-state index contributed by atoms with van der Waals surface area (Å²) in [6, 6.07) is 6.44. The second-order valence-electron chi connectivity index (χ2n) is 2.49. The van der Waals surface area contributed by atoms with E-state index >= 15 is 0 Å². The van der Waals surface area contributed by atoms with Crippen LogP contribution in [0.4, 0.5) is 0 Å². The SMILES string of the molecule is C=COC(=O)C(Cl)Oc1ccc(Cl)cc1. The van der Waals surface area contributed by atoms with Gasteiger partial charge in [-0.3, -0.25) is 0 Å². The van der Waals surface area contributed by atoms with Crippen molar-refractivity contribution in [2.75, 3.05) is 0 Å². The predicted molar refractivity (Wildman–Crippen MR) is 58.0 cm³/mol. The number of halogens is 2. The van der Waals surface area contributed by atoms with E-state index in [2.05, 4.69) is 11.3 Å². The molecule has 0 heterocycles. The Bertz CT molecular complexity index is 348. The molecule has 0 fully saturated rings. The molecule has 1 aromatic carbocycles. The van der Waals surface area contributed by atoms with Gasteiger partial charge in [0.2, 0.25) is 0 Å². The standard InChI is InChI=1S/C10H8Cl2O3/c1-2-14-10(13)9(12)15-8-5-3-7(11)4-6-8/h2-6,9H,1H2. The fourth-order valence-corrected chi connectivity index (χ4v) is 1.10. The Kier molecular flexibility index (Phi) is 4.46. The predicted octanol–water partition coefficient (Wildman–Crippen LogP) is 2.97. The van der Waals surface area contributed by atoms with Crippen molar-refractivity contribution in [2.45, 2.75) is 5.56 Å². The molecule has 0 amide bonds. The molecule has 1 aromatic rings. The third kappa shape index (κ3) is 3.81. The second-order valence-corrected chi connectivity index (χ2v) is 3.32. The van der Waals surface area contributed by atoms with Crippen LogP contribution in [0.1, 0.15) is 0 Å². The monoisotopic (exact) mass is 246 g/mol. The third-order valence-electron chi connectivity index (χ3n) is 1.44. The smallest absolute Gasteiger partial charge is 0.368 e. The number of ether oxygens (including phenoxy) is 2. The van der Waals surface area contributed by atoms with E-state index in [9.17, 15) is 4.79 Å². The van der Waals surface area contributed by atoms with Crippen LogP contribution in [0.5, 0.6) is 5.75 Å². The molecule has 1 atom stereocenters. The van der Waals surface area contributed by atoms with Crippen LogP contribution in [-0.4, -0.2) is 11.5 Å². The Morgan fingerprint density at radius 2 is 2.00 bits per heavy atom. The van der Waals surface area contributed by atoms with Crippen LogP contribution in [0.2, 0.25) is 5.02 Å². The number of carbonyl (C=O) groups is 1. The average molecular weight is 247 g/mol. The molecule has 0 aliphatic rings. The Hall–Kier alpha value is -1.19. The van der Waals surface area contributed by atoms with Crippen molar-refractivity contribution in [1.82, 2.24) is 0 Å². The first-order chi connectivity index (χ1) is 7.13. The van der Waals surface area contributed by atoms with Crippen molar-refractivity contribution in [3.8, 4) is 5.75 Å². The van der Waals surface area contributed by atoms with Gasteiger partial charge in [-0.1, -0.05) is 29.8 Å². The minimum Gasteiger partial charge on any atom is -0.463 e. The Morgan fingerprint density at radius 1 is 1.40 bits per heavy atom. The van der Waals surface area contributed by atoms with Gasteiger partial charge in [0.15, 0.2) is 0 Å². The quantitative estimate of drug-likeness (QED) is 0.466. The van der Waals surface area contributed by atoms with Crippen LogP contribution >= 0.6 is 23.2 Å². The average Bonchev–Trinajstić information content (AvgIpc) is 2.22. The molecule has 5 heteroatoms. The van der Waals surface area contributed by atoms with Crippen molar-refractivity contribution >= 4 is 29.2 Å². The first-order valence-electron chi connectivity index (χ1n) is 4.01. The number of esters is 1. The number of carbonyl (C=O) groups excluding carboxylic acids is 1. The number of alkyl halides is 1. The van der Waals surface area contributed by atoms with Gasteiger partial charge in [-0.2, -0.15) is 0 Å². The highest BCUT2D eigenvalue weighted by atomic mass is 35.5. The summed E-state index contributed by atoms with van der Waals surface area (Å²) in [4.78, 5) is 11.0. The van der Waals surface area contributed by atoms with E-state index in [0.717, 1.165) is 6.26 Å². The Morgan fingerprint density at radius 3 is 2.53 bits per heavy atom. The fourth-order valence-electron chi connectivity index (χ4n) is 0.816. The molecule has 0 spiro atoms. The molecule has 0 saturated heterocycles. The van der Waals surface area contributed by atoms with E-state index in [1.807, 2.05) is 0 Å². The summed E-state index contributed by atoms with van der Waals surface area (Å²) < 4.78 is 9.51. The summed E-state index contributed by atoms with van der Waals surface area (Å²) in [7, 11) is 0. The fraction of sp³-hybridized carbons (Fsp3) is 0.100. The maximum Gasteiger partial charge on any atom is 0.368 e. The number of hydrogen-bond acceptors (Lipinski definition) is 3. The molecular weight excluding hydrogens is 239 g/mol. The topological polar surface area (TPSA) is 35.5 Å². The zero-order valence-electron chi connectivity index (χ0n) is 7.65. The van der Waals surface area contributed by atoms with E-state index in [1.165, 1.54) is 0 Å². The molecule has 1 rings (SSSR count). The molecule has 3 nitrogen and oxygen atoms in total. The highest BCUT2D eigenvalue weighted by molar-refractivity contribution is 6.30. The maximum absolute atomic E-state index is 11.0. The lowest BCUT2D eigenvalue weighted by Gasteiger charge is -2.10. The van der Waals surface area contributed by atoms with Crippen LogP contribution in [0.3, 0.4) is 0 Å². The molecular formula is C10H8Cl2O3. The summed E-state index contributed by atoms with van der Waals surface area (Å²) in [5.41, 5.74) is -1.20. The minimum absolute atomic E-state index is 0.431. The lowest BCUT2D eigenvalue weighted by atomic mass is 10.3. The van der Waals surface area contributed by atoms with Crippen LogP contribution in [0, 0.1) is 0 Å². The molecule has 15 heavy (non-hydrogen) atoms. The summed E-state index contributed by atoms with van der Waals surface area (Å²) >= 11 is 11.3. The summed E-state index contributed by atoms with van der Waals surface area (Å²) in [5.74, 6) is -0.290. The van der Waals surface area contributed by atoms with Gasteiger partial charge in [-0.25, -0.2) is 4.79 Å². The summed E-state index contributed by atoms with van der Waals surface area (Å²) in [6.07, 6.45) is 0.989. The first kappa shape index (κ1) is 11.9. The number of hydrogen-bond donors (Lipinski definition) is 0. The zero-order valence-corrected chi connectivity index (χ0v) is 9.16. The lowest BCUT2D eigenvalue weighted by Crippen LogP contribution is -2.21. The summed E-state index contributed by atoms with van der Waals surface area (Å²) in [5, 5.41) is 0.571. The number of rotatable bonds is 4. The highest BCUT2D eigenvalue weighted by Crippen LogP contribution is 2.18. The van der Waals surface area contributed by atoms with E-state index in [4.69, 9.17) is 27.9 Å². The van der Waals surface area contributed by atoms with Crippen molar-refractivity contribution in [3.63, 3.8) is 0 Å². The molecule has 0 radical (unpaired) electrons. The molecule has 0 aliphatic carbocycles. The Labute approximate surface area is 97.2 Å². The van der Waals surface area contributed by atoms with Gasteiger partial charge < -0.3 is 9.47 Å². The maximum atomic E-state index is 11.0. The van der Waals surface area contributed by atoms with Crippen molar-refractivity contribution in [1.29, 1.82) is 0 Å². The Balaban J connectivity index is 2.57. The normalized spacial score (nSPS) is 11.6. The van der Waals surface area contributed by atoms with Crippen molar-refractivity contribution < 1.29 is 14.3 Å². The molecule has 80 valence electrons. The molecule has 0 N–H and O–H groups in total. The van der Waals surface area contributed by atoms with Gasteiger partial charge in [0.25, 0.3) is 5.56 Å². The number of benzene rings is 1. The summed E-state index contributed by atoms with van der Waals surface area (Å²) in [6.45, 7) is 3.23. The van der Waals surface area contributed by atoms with Crippen LogP contribution in [-0.2, 0) is 9.53 Å². The van der Waals surface area contributed by atoms with Crippen LogP contribution < -0.4 is 4.74 Å². The third-order valence-corrected chi connectivity index (χ3v) is 1.96. The molecule has 0 bridgehead atoms. The van der Waals surface area contributed by atoms with Gasteiger partial charge in [0.05, 0.1) is 6.26 Å². The van der Waals surface area contributed by atoms with Gasteiger partial charge >= 0.3 is 5.97 Å². The molecule has 1 unspecified atom stereocenters. The van der Waals surface area contributed by atoms with Crippen LogP contribution in [0.15, 0.2) is 37.1 Å². The minimum atomic E-state index is -1.20. The zero-order chi connectivity index (χ0) is 11.3. The lowest BCUT2D eigenvalue weighted by molar-refractivity contribution is -0.142. The molecule has 0 aliphatic heterocycles. The van der Waals surface area contributed by atoms with Gasteiger partial charge in [0, 0.05) is 5.02 Å².